The van der Waals surface area contributed by atoms with Crippen LogP contribution in [0.3, 0.4) is 0 Å². The van der Waals surface area contributed by atoms with E-state index in [0.717, 1.165) is 12.1 Å². The number of hydrogen-bond acceptors (Lipinski definition) is 4. The van der Waals surface area contributed by atoms with Crippen molar-refractivity contribution in [2.45, 2.75) is 13.3 Å². The third-order valence-electron chi connectivity index (χ3n) is 3.89. The average Bonchev–Trinajstić information content (AvgIpc) is 2.52. The third kappa shape index (κ3) is 4.20. The molecule has 122 valence electrons. The zero-order valence-electron chi connectivity index (χ0n) is 13.1. The van der Waals surface area contributed by atoms with Crippen molar-refractivity contribution in [3.05, 3.63) is 29.8 Å². The van der Waals surface area contributed by atoms with E-state index in [1.807, 2.05) is 24.3 Å². The number of aryl methyl sites for hydroxylation is 1. The minimum Gasteiger partial charge on any atom is -0.376 e. The maximum absolute atomic E-state index is 12.2. The number of piperazine rings is 1. The minimum atomic E-state index is -3.16. The van der Waals surface area contributed by atoms with E-state index in [0.29, 0.717) is 26.2 Å². The molecule has 0 bridgehead atoms. The lowest BCUT2D eigenvalue weighted by Crippen LogP contribution is -2.51. The Morgan fingerprint density at radius 1 is 1.18 bits per heavy atom. The van der Waals surface area contributed by atoms with Gasteiger partial charge in [-0.3, -0.25) is 4.79 Å². The van der Waals surface area contributed by atoms with Gasteiger partial charge in [-0.15, -0.1) is 0 Å². The van der Waals surface area contributed by atoms with E-state index in [4.69, 9.17) is 0 Å². The maximum atomic E-state index is 12.2. The van der Waals surface area contributed by atoms with Gasteiger partial charge in [-0.05, 0) is 18.1 Å². The number of nitrogens with one attached hydrogen (secondary N) is 1. The Bertz CT molecular complexity index is 623. The van der Waals surface area contributed by atoms with Crippen LogP contribution in [0.5, 0.6) is 0 Å². The summed E-state index contributed by atoms with van der Waals surface area (Å²) in [5, 5.41) is 3.18. The van der Waals surface area contributed by atoms with E-state index in [-0.39, 0.29) is 12.5 Å². The molecule has 0 aliphatic carbocycles. The first-order valence-corrected chi connectivity index (χ1v) is 9.31. The molecule has 2 rings (SSSR count). The van der Waals surface area contributed by atoms with E-state index >= 15 is 0 Å². The van der Waals surface area contributed by atoms with E-state index in [1.54, 1.807) is 4.90 Å². The van der Waals surface area contributed by atoms with Gasteiger partial charge in [-0.1, -0.05) is 25.1 Å². The molecule has 1 aliphatic rings. The van der Waals surface area contributed by atoms with Crippen molar-refractivity contribution < 1.29 is 13.2 Å². The Hall–Kier alpha value is -1.60. The summed E-state index contributed by atoms with van der Waals surface area (Å²) in [7, 11) is -3.16. The second kappa shape index (κ2) is 7.11. The minimum absolute atomic E-state index is 0.000873. The Morgan fingerprint density at radius 2 is 1.82 bits per heavy atom. The van der Waals surface area contributed by atoms with Gasteiger partial charge in [0.05, 0.1) is 12.8 Å². The largest absolute Gasteiger partial charge is 0.376 e. The molecular weight excluding hydrogens is 302 g/mol. The standard InChI is InChI=1S/C15H23N3O3S/c1-3-13-6-4-5-7-14(13)16-12-15(19)17-8-10-18(11-9-17)22(2,20)21/h4-7,16H,3,8-12H2,1-2H3. The molecule has 1 aliphatic heterocycles. The van der Waals surface area contributed by atoms with E-state index < -0.39 is 10.0 Å². The number of nitrogens with zero attached hydrogens (tertiary/aromatic N) is 2. The molecule has 1 aromatic carbocycles. The van der Waals surface area contributed by atoms with E-state index in [9.17, 15) is 13.2 Å². The van der Waals surface area contributed by atoms with Gasteiger partial charge in [0.25, 0.3) is 0 Å². The fourth-order valence-corrected chi connectivity index (χ4v) is 3.38. The Kier molecular flexibility index (Phi) is 5.42. The predicted octanol–water partition coefficient (Wildman–Crippen LogP) is 0.765. The van der Waals surface area contributed by atoms with Gasteiger partial charge < -0.3 is 10.2 Å². The van der Waals surface area contributed by atoms with Gasteiger partial charge in [0.1, 0.15) is 0 Å². The molecule has 0 unspecified atom stereocenters. The molecule has 7 heteroatoms. The van der Waals surface area contributed by atoms with E-state index in [1.165, 1.54) is 16.1 Å². The van der Waals surface area contributed by atoms with Crippen molar-refractivity contribution in [3.8, 4) is 0 Å². The van der Waals surface area contributed by atoms with Crippen LogP contribution in [-0.4, -0.2) is 62.5 Å². The maximum Gasteiger partial charge on any atom is 0.241 e. The molecule has 1 N–H and O–H groups in total. The van der Waals surface area contributed by atoms with Crippen LogP contribution in [0.4, 0.5) is 5.69 Å². The molecule has 1 fully saturated rings. The quantitative estimate of drug-likeness (QED) is 0.868. The SMILES string of the molecule is CCc1ccccc1NCC(=O)N1CCN(S(C)(=O)=O)CC1. The number of rotatable bonds is 5. The topological polar surface area (TPSA) is 69.7 Å². The van der Waals surface area contributed by atoms with Gasteiger partial charge in [0.15, 0.2) is 0 Å². The van der Waals surface area contributed by atoms with Gasteiger partial charge in [-0.2, -0.15) is 4.31 Å². The molecule has 1 heterocycles. The Labute approximate surface area is 132 Å². The lowest BCUT2D eigenvalue weighted by molar-refractivity contribution is -0.130. The summed E-state index contributed by atoms with van der Waals surface area (Å²) in [4.78, 5) is 13.9. The van der Waals surface area contributed by atoms with Crippen LogP contribution in [-0.2, 0) is 21.2 Å². The summed E-state index contributed by atoms with van der Waals surface area (Å²) in [6.07, 6.45) is 2.11. The van der Waals surface area contributed by atoms with Crippen LogP contribution < -0.4 is 5.32 Å². The molecule has 22 heavy (non-hydrogen) atoms. The first kappa shape index (κ1) is 16.8. The number of carbonyl (C=O) groups is 1. The first-order valence-electron chi connectivity index (χ1n) is 7.46. The summed E-state index contributed by atoms with van der Waals surface area (Å²) in [5.41, 5.74) is 2.16. The zero-order valence-corrected chi connectivity index (χ0v) is 13.9. The smallest absolute Gasteiger partial charge is 0.241 e. The van der Waals surface area contributed by atoms with Crippen LogP contribution in [0, 0.1) is 0 Å². The molecule has 0 spiro atoms. The molecule has 6 nitrogen and oxygen atoms in total. The number of anilines is 1. The van der Waals surface area contributed by atoms with Crippen LogP contribution in [0.25, 0.3) is 0 Å². The van der Waals surface area contributed by atoms with Crippen molar-refractivity contribution in [1.82, 2.24) is 9.21 Å². The number of benzene rings is 1. The zero-order chi connectivity index (χ0) is 16.2. The summed E-state index contributed by atoms with van der Waals surface area (Å²) in [5.74, 6) is -0.000873. The molecular formula is C15H23N3O3S. The number of amides is 1. The van der Waals surface area contributed by atoms with Crippen LogP contribution >= 0.6 is 0 Å². The number of carbonyl (C=O) groups excluding carboxylic acids is 1. The highest BCUT2D eigenvalue weighted by atomic mass is 32.2. The number of hydrogen-bond donors (Lipinski definition) is 1. The van der Waals surface area contributed by atoms with Gasteiger partial charge in [0.2, 0.25) is 15.9 Å². The second-order valence-corrected chi connectivity index (χ2v) is 7.39. The van der Waals surface area contributed by atoms with Crippen molar-refractivity contribution in [3.63, 3.8) is 0 Å². The average molecular weight is 325 g/mol. The summed E-state index contributed by atoms with van der Waals surface area (Å²) in [6.45, 7) is 3.95. The van der Waals surface area contributed by atoms with Crippen molar-refractivity contribution in [1.29, 1.82) is 0 Å². The van der Waals surface area contributed by atoms with Gasteiger partial charge >= 0.3 is 0 Å². The lowest BCUT2D eigenvalue weighted by Gasteiger charge is -2.33. The van der Waals surface area contributed by atoms with Gasteiger partial charge in [-0.25, -0.2) is 8.42 Å². The van der Waals surface area contributed by atoms with Crippen molar-refractivity contribution >= 4 is 21.6 Å². The summed E-state index contributed by atoms with van der Waals surface area (Å²) in [6, 6.07) is 7.93. The first-order chi connectivity index (χ1) is 10.4. The number of sulfonamides is 1. The molecule has 1 saturated heterocycles. The molecule has 1 aromatic rings. The van der Waals surface area contributed by atoms with Crippen LogP contribution in [0.15, 0.2) is 24.3 Å². The fourth-order valence-electron chi connectivity index (χ4n) is 2.55. The Morgan fingerprint density at radius 3 is 2.41 bits per heavy atom. The molecule has 0 saturated carbocycles. The normalized spacial score (nSPS) is 16.5. The molecule has 0 aromatic heterocycles. The van der Waals surface area contributed by atoms with Crippen molar-refractivity contribution in [2.75, 3.05) is 44.3 Å². The summed E-state index contributed by atoms with van der Waals surface area (Å²) >= 11 is 0. The van der Waals surface area contributed by atoms with E-state index in [2.05, 4.69) is 12.2 Å². The fraction of sp³-hybridized carbons (Fsp3) is 0.533. The lowest BCUT2D eigenvalue weighted by atomic mass is 10.1. The third-order valence-corrected chi connectivity index (χ3v) is 5.19. The van der Waals surface area contributed by atoms with Crippen LogP contribution in [0.1, 0.15) is 12.5 Å². The van der Waals surface area contributed by atoms with Crippen molar-refractivity contribution in [2.24, 2.45) is 0 Å². The highest BCUT2D eigenvalue weighted by molar-refractivity contribution is 7.88. The summed E-state index contributed by atoms with van der Waals surface area (Å²) < 4.78 is 24.3. The monoisotopic (exact) mass is 325 g/mol. The second-order valence-electron chi connectivity index (χ2n) is 5.41. The molecule has 1 amide bonds. The highest BCUT2D eigenvalue weighted by Crippen LogP contribution is 2.15. The Balaban J connectivity index is 1.86. The highest BCUT2D eigenvalue weighted by Gasteiger charge is 2.25. The van der Waals surface area contributed by atoms with Gasteiger partial charge in [0, 0.05) is 31.9 Å². The van der Waals surface area contributed by atoms with Crippen LogP contribution in [0.2, 0.25) is 0 Å². The molecule has 0 radical (unpaired) electrons. The number of para-hydroxylation sites is 1. The predicted molar refractivity (Wildman–Crippen MR) is 87.3 cm³/mol. The molecule has 0 atom stereocenters.